The summed E-state index contributed by atoms with van der Waals surface area (Å²) in [7, 11) is 0. The van der Waals surface area contributed by atoms with Gasteiger partial charge < -0.3 is 9.84 Å². The van der Waals surface area contributed by atoms with E-state index in [1.54, 1.807) is 6.92 Å². The highest BCUT2D eigenvalue weighted by Crippen LogP contribution is 2.30. The van der Waals surface area contributed by atoms with Crippen LogP contribution in [0, 0.1) is 6.92 Å². The lowest BCUT2D eigenvalue weighted by atomic mass is 10.0. The van der Waals surface area contributed by atoms with E-state index in [9.17, 15) is 18.0 Å². The number of aromatic nitrogens is 2. The molecule has 0 spiro atoms. The predicted octanol–water partition coefficient (Wildman–Crippen LogP) is 2.43. The molecule has 2 heterocycles. The molecule has 1 aromatic heterocycles. The molecule has 1 aliphatic heterocycles. The van der Waals surface area contributed by atoms with Gasteiger partial charge in [-0.25, -0.2) is 0 Å². The van der Waals surface area contributed by atoms with Crippen LogP contribution >= 0.6 is 0 Å². The third-order valence-electron chi connectivity index (χ3n) is 3.69. The maximum Gasteiger partial charge on any atom is 0.416 e. The number of carbonyl (C=O) groups excluding carboxylic acids is 1. The van der Waals surface area contributed by atoms with Gasteiger partial charge in [-0.15, -0.1) is 0 Å². The van der Waals surface area contributed by atoms with Crippen LogP contribution in [0.5, 0.6) is 0 Å². The normalized spacial score (nSPS) is 16.0. The molecule has 1 fully saturated rings. The molecule has 0 atom stereocenters. The van der Waals surface area contributed by atoms with Gasteiger partial charge in [0.05, 0.1) is 18.0 Å². The topological polar surface area (TPSA) is 71.3 Å². The van der Waals surface area contributed by atoms with Crippen LogP contribution in [0.1, 0.15) is 23.2 Å². The first-order chi connectivity index (χ1) is 11.3. The monoisotopic (exact) mass is 340 g/mol. The van der Waals surface area contributed by atoms with Gasteiger partial charge in [-0.1, -0.05) is 11.2 Å². The van der Waals surface area contributed by atoms with E-state index in [-0.39, 0.29) is 24.1 Å². The molecule has 1 amide bonds. The largest absolute Gasteiger partial charge is 0.416 e. The van der Waals surface area contributed by atoms with Gasteiger partial charge in [0.25, 0.3) is 0 Å². The highest BCUT2D eigenvalue weighted by atomic mass is 19.4. The summed E-state index contributed by atoms with van der Waals surface area (Å²) >= 11 is 0. The Hall–Kier alpha value is -2.42. The molecule has 1 N–H and O–H groups in total. The fraction of sp³-hybridized carbons (Fsp3) is 0.400. The number of aryl methyl sites for hydroxylation is 1. The third-order valence-corrected chi connectivity index (χ3v) is 3.69. The molecule has 1 saturated heterocycles. The second-order valence-electron chi connectivity index (χ2n) is 5.70. The minimum atomic E-state index is -4.44. The van der Waals surface area contributed by atoms with Gasteiger partial charge in [-0.05, 0) is 25.1 Å². The van der Waals surface area contributed by atoms with E-state index < -0.39 is 11.7 Å². The molecule has 0 saturated carbocycles. The van der Waals surface area contributed by atoms with Crippen molar-refractivity contribution in [3.05, 3.63) is 41.5 Å². The van der Waals surface area contributed by atoms with E-state index in [4.69, 9.17) is 4.52 Å². The average molecular weight is 340 g/mol. The van der Waals surface area contributed by atoms with E-state index in [1.807, 2.05) is 4.90 Å². The number of alkyl halides is 3. The molecule has 9 heteroatoms. The van der Waals surface area contributed by atoms with Crippen molar-refractivity contribution in [1.82, 2.24) is 15.0 Å². The summed E-state index contributed by atoms with van der Waals surface area (Å²) < 4.78 is 43.0. The zero-order chi connectivity index (χ0) is 17.3. The Balaban J connectivity index is 1.50. The molecular weight excluding hydrogens is 325 g/mol. The minimum absolute atomic E-state index is 0.0903. The summed E-state index contributed by atoms with van der Waals surface area (Å²) in [5.41, 5.74) is -0.671. The maximum absolute atomic E-state index is 12.6. The van der Waals surface area contributed by atoms with E-state index >= 15 is 0 Å². The number of benzene rings is 1. The number of carbonyl (C=O) groups is 1. The molecule has 0 bridgehead atoms. The fourth-order valence-corrected chi connectivity index (χ4v) is 2.51. The van der Waals surface area contributed by atoms with Crippen molar-refractivity contribution in [2.75, 3.05) is 25.0 Å². The highest BCUT2D eigenvalue weighted by Gasteiger charge is 2.33. The van der Waals surface area contributed by atoms with Gasteiger partial charge in [0, 0.05) is 18.8 Å². The number of amides is 1. The Morgan fingerprint density at radius 1 is 1.42 bits per heavy atom. The van der Waals surface area contributed by atoms with Gasteiger partial charge in [-0.3, -0.25) is 9.69 Å². The Bertz CT molecular complexity index is 738. The summed E-state index contributed by atoms with van der Waals surface area (Å²) in [6.07, 6.45) is -4.44. The van der Waals surface area contributed by atoms with Crippen LogP contribution in [0.15, 0.2) is 28.8 Å². The van der Waals surface area contributed by atoms with Crippen LogP contribution < -0.4 is 5.32 Å². The lowest BCUT2D eigenvalue weighted by Crippen LogP contribution is -2.48. The van der Waals surface area contributed by atoms with E-state index in [1.165, 1.54) is 12.1 Å². The first-order valence-electron chi connectivity index (χ1n) is 7.31. The van der Waals surface area contributed by atoms with Gasteiger partial charge in [0.1, 0.15) is 0 Å². The smallest absolute Gasteiger partial charge is 0.339 e. The number of rotatable bonds is 4. The first kappa shape index (κ1) is 16.4. The molecule has 0 aliphatic carbocycles. The molecule has 128 valence electrons. The fourth-order valence-electron chi connectivity index (χ4n) is 2.51. The highest BCUT2D eigenvalue weighted by molar-refractivity contribution is 5.92. The van der Waals surface area contributed by atoms with Crippen LogP contribution in [0.4, 0.5) is 18.9 Å². The molecular formula is C15H15F3N4O2. The van der Waals surface area contributed by atoms with Gasteiger partial charge in [-0.2, -0.15) is 18.2 Å². The number of anilines is 1. The molecule has 1 aliphatic rings. The molecule has 2 aromatic rings. The van der Waals surface area contributed by atoms with Crippen LogP contribution in [0.2, 0.25) is 0 Å². The predicted molar refractivity (Wildman–Crippen MR) is 78.3 cm³/mol. The average Bonchev–Trinajstić information content (AvgIpc) is 2.88. The van der Waals surface area contributed by atoms with Crippen molar-refractivity contribution in [3.8, 4) is 0 Å². The Morgan fingerprint density at radius 3 is 2.79 bits per heavy atom. The van der Waals surface area contributed by atoms with Crippen molar-refractivity contribution in [1.29, 1.82) is 0 Å². The second-order valence-corrected chi connectivity index (χ2v) is 5.70. The molecule has 6 nitrogen and oxygen atoms in total. The molecule has 24 heavy (non-hydrogen) atoms. The van der Waals surface area contributed by atoms with Gasteiger partial charge >= 0.3 is 6.18 Å². The lowest BCUT2D eigenvalue weighted by molar-refractivity contribution is -0.137. The number of nitrogens with one attached hydrogen (secondary N) is 1. The van der Waals surface area contributed by atoms with Crippen molar-refractivity contribution in [3.63, 3.8) is 0 Å². The summed E-state index contributed by atoms with van der Waals surface area (Å²) in [5, 5.41) is 6.19. The Kier molecular flexibility index (Phi) is 4.27. The van der Waals surface area contributed by atoms with Gasteiger partial charge in [0.15, 0.2) is 5.82 Å². The van der Waals surface area contributed by atoms with E-state index in [0.717, 1.165) is 12.1 Å². The number of hydrogen-bond acceptors (Lipinski definition) is 5. The van der Waals surface area contributed by atoms with Crippen LogP contribution in [-0.2, 0) is 11.0 Å². The Labute approximate surface area is 135 Å². The summed E-state index contributed by atoms with van der Waals surface area (Å²) in [6, 6.07) is 4.56. The van der Waals surface area contributed by atoms with Crippen LogP contribution in [0.3, 0.4) is 0 Å². The minimum Gasteiger partial charge on any atom is -0.339 e. The molecule has 0 unspecified atom stereocenters. The maximum atomic E-state index is 12.6. The van der Waals surface area contributed by atoms with Gasteiger partial charge in [0.2, 0.25) is 11.8 Å². The number of halogens is 3. The number of likely N-dealkylation sites (tertiary alicyclic amines) is 1. The van der Waals surface area contributed by atoms with Crippen molar-refractivity contribution in [2.24, 2.45) is 0 Å². The second kappa shape index (κ2) is 6.23. The SMILES string of the molecule is Cc1noc(C2CN(CC(=O)Nc3cccc(C(F)(F)F)c3)C2)n1. The summed E-state index contributed by atoms with van der Waals surface area (Å²) in [6.45, 7) is 3.01. The number of hydrogen-bond donors (Lipinski definition) is 1. The molecule has 0 radical (unpaired) electrons. The van der Waals surface area contributed by atoms with Crippen LogP contribution in [-0.4, -0.2) is 40.6 Å². The number of nitrogens with zero attached hydrogens (tertiary/aromatic N) is 3. The summed E-state index contributed by atoms with van der Waals surface area (Å²) in [4.78, 5) is 17.9. The van der Waals surface area contributed by atoms with E-state index in [0.29, 0.717) is 24.8 Å². The van der Waals surface area contributed by atoms with Crippen molar-refractivity contribution < 1.29 is 22.5 Å². The zero-order valence-electron chi connectivity index (χ0n) is 12.8. The summed E-state index contributed by atoms with van der Waals surface area (Å²) in [5.74, 6) is 0.829. The Morgan fingerprint density at radius 2 is 2.17 bits per heavy atom. The lowest BCUT2D eigenvalue weighted by Gasteiger charge is -2.36. The van der Waals surface area contributed by atoms with Crippen molar-refractivity contribution in [2.45, 2.75) is 19.0 Å². The zero-order valence-corrected chi connectivity index (χ0v) is 12.8. The first-order valence-corrected chi connectivity index (χ1v) is 7.31. The molecule has 3 rings (SSSR count). The van der Waals surface area contributed by atoms with Crippen molar-refractivity contribution >= 4 is 11.6 Å². The van der Waals surface area contributed by atoms with E-state index in [2.05, 4.69) is 15.5 Å². The van der Waals surface area contributed by atoms with Crippen LogP contribution in [0.25, 0.3) is 0 Å². The quantitative estimate of drug-likeness (QED) is 0.926. The molecule has 1 aromatic carbocycles. The standard InChI is InChI=1S/C15H15F3N4O2/c1-9-19-14(24-21-9)10-6-22(7-10)8-13(23)20-12-4-2-3-11(5-12)15(16,17)18/h2-5,10H,6-8H2,1H3,(H,20,23). The third kappa shape index (κ3) is 3.73.